The normalized spacial score (nSPS) is 20.7. The number of allylic oxidation sites excluding steroid dienone is 1. The lowest BCUT2D eigenvalue weighted by atomic mass is 9.86. The van der Waals surface area contributed by atoms with Crippen LogP contribution >= 0.6 is 11.6 Å². The highest BCUT2D eigenvalue weighted by atomic mass is 35.5. The van der Waals surface area contributed by atoms with E-state index in [1.54, 1.807) is 30.3 Å². The summed E-state index contributed by atoms with van der Waals surface area (Å²) < 4.78 is 12.6. The third kappa shape index (κ3) is 4.91. The lowest BCUT2D eigenvalue weighted by Gasteiger charge is -2.31. The first-order chi connectivity index (χ1) is 17.3. The van der Waals surface area contributed by atoms with Crippen molar-refractivity contribution in [2.75, 3.05) is 19.7 Å². The van der Waals surface area contributed by atoms with E-state index < -0.39 is 0 Å². The number of halogens is 1. The van der Waals surface area contributed by atoms with Crippen LogP contribution in [0.25, 0.3) is 11.1 Å². The summed E-state index contributed by atoms with van der Waals surface area (Å²) in [4.78, 5) is 2.49. The minimum Gasteiger partial charge on any atom is -0.508 e. The Hall–Kier alpha value is -3.15. The van der Waals surface area contributed by atoms with E-state index >= 15 is 0 Å². The quantitative estimate of drug-likeness (QED) is 0.380. The van der Waals surface area contributed by atoms with Crippen molar-refractivity contribution in [1.82, 2.24) is 4.90 Å². The Morgan fingerprint density at radius 1 is 1.08 bits per heavy atom. The van der Waals surface area contributed by atoms with Crippen molar-refractivity contribution in [3.05, 3.63) is 82.4 Å². The van der Waals surface area contributed by atoms with Crippen molar-refractivity contribution in [2.24, 2.45) is 5.92 Å². The predicted molar refractivity (Wildman–Crippen MR) is 144 cm³/mol. The van der Waals surface area contributed by atoms with Gasteiger partial charge in [-0.1, -0.05) is 36.7 Å². The Morgan fingerprint density at radius 2 is 1.86 bits per heavy atom. The zero-order chi connectivity index (χ0) is 25.4. The number of phenolic OH excluding ortho intramolecular Hbond substituents is 2. The van der Waals surface area contributed by atoms with Gasteiger partial charge in [-0.2, -0.15) is 0 Å². The first-order valence-corrected chi connectivity index (χ1v) is 12.8. The summed E-state index contributed by atoms with van der Waals surface area (Å²) in [6, 6.07) is 18.7. The van der Waals surface area contributed by atoms with Crippen LogP contribution in [0.4, 0.5) is 0 Å². The molecular formula is C30H32ClNO4. The van der Waals surface area contributed by atoms with Crippen LogP contribution in [0.1, 0.15) is 50.0 Å². The molecular weight excluding hydrogens is 474 g/mol. The monoisotopic (exact) mass is 505 g/mol. The Balaban J connectivity index is 1.42. The van der Waals surface area contributed by atoms with Crippen molar-refractivity contribution in [1.29, 1.82) is 0 Å². The van der Waals surface area contributed by atoms with Crippen molar-refractivity contribution in [3.63, 3.8) is 0 Å². The molecule has 6 heteroatoms. The molecule has 0 saturated carbocycles. The molecule has 0 aliphatic carbocycles. The molecule has 2 N–H and O–H groups in total. The molecule has 36 heavy (non-hydrogen) atoms. The fraction of sp³-hybridized carbons (Fsp3) is 0.333. The highest BCUT2D eigenvalue weighted by Gasteiger charge is 2.30. The molecule has 188 valence electrons. The van der Waals surface area contributed by atoms with Gasteiger partial charge in [0.2, 0.25) is 0 Å². The van der Waals surface area contributed by atoms with Gasteiger partial charge < -0.3 is 19.7 Å². The summed E-state index contributed by atoms with van der Waals surface area (Å²) in [5.74, 6) is 2.50. The maximum atomic E-state index is 10.1. The van der Waals surface area contributed by atoms with Gasteiger partial charge in [-0.05, 0) is 91.9 Å². The van der Waals surface area contributed by atoms with Crippen LogP contribution < -0.4 is 9.47 Å². The van der Waals surface area contributed by atoms with E-state index in [0.29, 0.717) is 18.4 Å². The van der Waals surface area contributed by atoms with Crippen molar-refractivity contribution >= 4 is 22.7 Å². The van der Waals surface area contributed by atoms with Crippen LogP contribution in [0.5, 0.6) is 23.0 Å². The largest absolute Gasteiger partial charge is 0.508 e. The van der Waals surface area contributed by atoms with E-state index in [0.717, 1.165) is 52.6 Å². The SMILES string of the molecule is CC1=C(c2ccc(O)c(Cl)c2)C(c2ccc(OC[C@H](C)N3CC[C@@H](C)C3)cc2)Oc2ccc(O)cc21. The second-order valence-electron chi connectivity index (χ2n) is 10.0. The lowest BCUT2D eigenvalue weighted by Crippen LogP contribution is -2.35. The number of nitrogens with zero attached hydrogens (tertiary/aromatic N) is 1. The number of fused-ring (bicyclic) bond motifs is 1. The van der Waals surface area contributed by atoms with E-state index in [1.165, 1.54) is 6.42 Å². The lowest BCUT2D eigenvalue weighted by molar-refractivity contribution is 0.169. The molecule has 0 aromatic heterocycles. The predicted octanol–water partition coefficient (Wildman–Crippen LogP) is 6.92. The smallest absolute Gasteiger partial charge is 0.150 e. The van der Waals surface area contributed by atoms with Crippen LogP contribution in [0.2, 0.25) is 5.02 Å². The molecule has 1 unspecified atom stereocenters. The molecule has 0 amide bonds. The molecule has 2 aliphatic heterocycles. The number of aromatic hydroxyl groups is 2. The topological polar surface area (TPSA) is 62.2 Å². The number of likely N-dealkylation sites (tertiary alicyclic amines) is 1. The summed E-state index contributed by atoms with van der Waals surface area (Å²) in [7, 11) is 0. The number of ether oxygens (including phenoxy) is 2. The molecule has 2 heterocycles. The summed E-state index contributed by atoms with van der Waals surface area (Å²) >= 11 is 6.26. The standard InChI is InChI=1S/C30H32ClNO4/c1-18-12-13-32(16-18)19(2)17-35-24-8-4-21(5-9-24)30-29(22-6-10-27(34)26(31)14-22)20(3)25-15-23(33)7-11-28(25)36-30/h4-11,14-15,18-19,30,33-34H,12-13,16-17H2,1-3H3/t18-,19+,30?/m1/s1. The van der Waals surface area contributed by atoms with E-state index in [4.69, 9.17) is 21.1 Å². The summed E-state index contributed by atoms with van der Waals surface area (Å²) in [6.45, 7) is 9.47. The second-order valence-corrected chi connectivity index (χ2v) is 10.4. The molecule has 1 fully saturated rings. The molecule has 0 spiro atoms. The van der Waals surface area contributed by atoms with Crippen molar-refractivity contribution in [2.45, 2.75) is 39.3 Å². The minimum absolute atomic E-state index is 0.0316. The Morgan fingerprint density at radius 3 is 2.56 bits per heavy atom. The van der Waals surface area contributed by atoms with Crippen LogP contribution in [0.15, 0.2) is 60.7 Å². The highest BCUT2D eigenvalue weighted by molar-refractivity contribution is 6.32. The number of benzene rings is 3. The average Bonchev–Trinajstić information content (AvgIpc) is 3.31. The first-order valence-electron chi connectivity index (χ1n) is 12.5. The number of hydrogen-bond donors (Lipinski definition) is 2. The van der Waals surface area contributed by atoms with Gasteiger partial charge in [0.1, 0.15) is 35.7 Å². The van der Waals surface area contributed by atoms with Crippen LogP contribution in [0.3, 0.4) is 0 Å². The van der Waals surface area contributed by atoms with Gasteiger partial charge in [-0.25, -0.2) is 0 Å². The van der Waals surface area contributed by atoms with Gasteiger partial charge in [0.05, 0.1) is 5.02 Å². The van der Waals surface area contributed by atoms with Crippen LogP contribution in [-0.4, -0.2) is 40.9 Å². The van der Waals surface area contributed by atoms with Crippen molar-refractivity contribution in [3.8, 4) is 23.0 Å². The maximum Gasteiger partial charge on any atom is 0.150 e. The molecule has 5 rings (SSSR count). The fourth-order valence-electron chi connectivity index (χ4n) is 5.15. The third-order valence-electron chi connectivity index (χ3n) is 7.29. The molecule has 3 atom stereocenters. The molecule has 1 saturated heterocycles. The van der Waals surface area contributed by atoms with Gasteiger partial charge in [0, 0.05) is 23.7 Å². The second kappa shape index (κ2) is 10.1. The minimum atomic E-state index is -0.387. The van der Waals surface area contributed by atoms with E-state index in [-0.39, 0.29) is 22.6 Å². The molecule has 0 bridgehead atoms. The summed E-state index contributed by atoms with van der Waals surface area (Å²) in [5, 5.41) is 20.3. The summed E-state index contributed by atoms with van der Waals surface area (Å²) in [6.07, 6.45) is 0.867. The van der Waals surface area contributed by atoms with Crippen LogP contribution in [-0.2, 0) is 0 Å². The van der Waals surface area contributed by atoms with Gasteiger partial charge in [0.15, 0.2) is 0 Å². The zero-order valence-electron chi connectivity index (χ0n) is 20.9. The Kier molecular flexibility index (Phi) is 6.87. The number of rotatable bonds is 6. The van der Waals surface area contributed by atoms with E-state index in [1.807, 2.05) is 37.3 Å². The fourth-order valence-corrected chi connectivity index (χ4v) is 5.33. The molecule has 5 nitrogen and oxygen atoms in total. The summed E-state index contributed by atoms with van der Waals surface area (Å²) in [5.41, 5.74) is 4.56. The molecule has 3 aromatic carbocycles. The number of phenols is 2. The van der Waals surface area contributed by atoms with E-state index in [9.17, 15) is 10.2 Å². The highest BCUT2D eigenvalue weighted by Crippen LogP contribution is 2.48. The molecule has 2 aliphatic rings. The van der Waals surface area contributed by atoms with Crippen LogP contribution in [0, 0.1) is 5.92 Å². The Bertz CT molecular complexity index is 1290. The Labute approximate surface area is 217 Å². The molecule has 3 aromatic rings. The van der Waals surface area contributed by atoms with E-state index in [2.05, 4.69) is 18.7 Å². The van der Waals surface area contributed by atoms with Gasteiger partial charge in [-0.3, -0.25) is 4.90 Å². The number of hydrogen-bond acceptors (Lipinski definition) is 5. The van der Waals surface area contributed by atoms with Crippen molar-refractivity contribution < 1.29 is 19.7 Å². The van der Waals surface area contributed by atoms with Gasteiger partial charge >= 0.3 is 0 Å². The van der Waals surface area contributed by atoms with Gasteiger partial charge in [0.25, 0.3) is 0 Å². The average molecular weight is 506 g/mol. The van der Waals surface area contributed by atoms with Gasteiger partial charge in [-0.15, -0.1) is 0 Å². The zero-order valence-corrected chi connectivity index (χ0v) is 21.6. The third-order valence-corrected chi connectivity index (χ3v) is 7.59. The maximum absolute atomic E-state index is 10.1. The first kappa shape index (κ1) is 24.5. The molecule has 0 radical (unpaired) electrons.